The number of rotatable bonds is 3. The van der Waals surface area contributed by atoms with Gasteiger partial charge in [-0.2, -0.15) is 0 Å². The van der Waals surface area contributed by atoms with Crippen molar-refractivity contribution in [1.82, 2.24) is 10.2 Å². The minimum absolute atomic E-state index is 0.380. The number of benzene rings is 1. The van der Waals surface area contributed by atoms with Gasteiger partial charge in [0.05, 0.1) is 6.61 Å². The van der Waals surface area contributed by atoms with E-state index >= 15 is 0 Å². The monoisotopic (exact) mass is 292 g/mol. The summed E-state index contributed by atoms with van der Waals surface area (Å²) in [6.45, 7) is 3.63. The van der Waals surface area contributed by atoms with Crippen molar-refractivity contribution in [1.29, 1.82) is 0 Å². The van der Waals surface area contributed by atoms with Crippen molar-refractivity contribution >= 4 is 12.0 Å². The number of carboxylic acid groups (broad SMARTS) is 1. The van der Waals surface area contributed by atoms with Gasteiger partial charge >= 0.3 is 12.0 Å². The van der Waals surface area contributed by atoms with Crippen molar-refractivity contribution < 1.29 is 19.4 Å². The maximum Gasteiger partial charge on any atom is 0.333 e. The predicted molar refractivity (Wildman–Crippen MR) is 77.0 cm³/mol. The van der Waals surface area contributed by atoms with E-state index in [4.69, 9.17) is 4.74 Å². The highest BCUT2D eigenvalue weighted by Gasteiger charge is 2.38. The Labute approximate surface area is 123 Å². The Morgan fingerprint density at radius 2 is 1.95 bits per heavy atom. The molecule has 6 heteroatoms. The molecule has 1 atom stereocenters. The third-order valence-electron chi connectivity index (χ3n) is 3.65. The van der Waals surface area contributed by atoms with Crippen LogP contribution in [-0.2, 0) is 15.1 Å². The summed E-state index contributed by atoms with van der Waals surface area (Å²) in [5.41, 5.74) is -0.914. The van der Waals surface area contributed by atoms with E-state index in [0.717, 1.165) is 6.42 Å². The smallest absolute Gasteiger partial charge is 0.333 e. The normalized spacial score (nSPS) is 18.4. The molecule has 1 aliphatic heterocycles. The fraction of sp³-hybridized carbons (Fsp3) is 0.467. The number of carbonyl (C=O) groups is 2. The summed E-state index contributed by atoms with van der Waals surface area (Å²) in [5.74, 6) is -1.09. The highest BCUT2D eigenvalue weighted by Crippen LogP contribution is 2.21. The van der Waals surface area contributed by atoms with Crippen molar-refractivity contribution in [3.05, 3.63) is 35.9 Å². The maximum atomic E-state index is 12.3. The number of hydrogen-bond donors (Lipinski definition) is 2. The third-order valence-corrected chi connectivity index (χ3v) is 3.65. The van der Waals surface area contributed by atoms with Gasteiger partial charge in [-0.25, -0.2) is 9.59 Å². The van der Waals surface area contributed by atoms with Crippen molar-refractivity contribution in [3.8, 4) is 0 Å². The summed E-state index contributed by atoms with van der Waals surface area (Å²) in [7, 11) is 0. The quantitative estimate of drug-likeness (QED) is 0.883. The Morgan fingerprint density at radius 3 is 2.62 bits per heavy atom. The maximum absolute atomic E-state index is 12.3. The summed E-state index contributed by atoms with van der Waals surface area (Å²) in [6, 6.07) is 8.32. The molecule has 1 aliphatic rings. The van der Waals surface area contributed by atoms with Gasteiger partial charge in [-0.05, 0) is 18.9 Å². The second kappa shape index (κ2) is 6.58. The molecule has 1 aromatic rings. The van der Waals surface area contributed by atoms with E-state index in [2.05, 4.69) is 5.32 Å². The first kappa shape index (κ1) is 15.3. The molecule has 1 unspecified atom stereocenters. The minimum Gasteiger partial charge on any atom is -0.479 e. The van der Waals surface area contributed by atoms with Gasteiger partial charge in [-0.3, -0.25) is 0 Å². The zero-order chi connectivity index (χ0) is 15.3. The van der Waals surface area contributed by atoms with Crippen LogP contribution in [-0.4, -0.2) is 48.3 Å². The van der Waals surface area contributed by atoms with Crippen molar-refractivity contribution in [2.45, 2.75) is 18.9 Å². The van der Waals surface area contributed by atoms with Crippen molar-refractivity contribution in [3.63, 3.8) is 0 Å². The van der Waals surface area contributed by atoms with Crippen LogP contribution in [0.5, 0.6) is 0 Å². The Bertz CT molecular complexity index is 498. The molecule has 0 aromatic heterocycles. The van der Waals surface area contributed by atoms with Crippen LogP contribution < -0.4 is 5.32 Å². The average molecular weight is 292 g/mol. The van der Waals surface area contributed by atoms with E-state index in [1.54, 1.807) is 35.2 Å². The lowest BCUT2D eigenvalue weighted by Gasteiger charge is -2.30. The summed E-state index contributed by atoms with van der Waals surface area (Å²) in [5, 5.41) is 12.2. The van der Waals surface area contributed by atoms with Gasteiger partial charge in [-0.1, -0.05) is 30.3 Å². The van der Waals surface area contributed by atoms with Crippen LogP contribution >= 0.6 is 0 Å². The minimum atomic E-state index is -1.45. The Kier molecular flexibility index (Phi) is 4.80. The van der Waals surface area contributed by atoms with E-state index in [1.807, 2.05) is 0 Å². The lowest BCUT2D eigenvalue weighted by atomic mass is 9.92. The number of nitrogens with one attached hydrogen (secondary N) is 1. The fourth-order valence-corrected chi connectivity index (χ4v) is 2.26. The first-order valence-corrected chi connectivity index (χ1v) is 6.98. The van der Waals surface area contributed by atoms with Gasteiger partial charge in [0, 0.05) is 19.7 Å². The van der Waals surface area contributed by atoms with E-state index < -0.39 is 11.5 Å². The molecule has 0 saturated carbocycles. The summed E-state index contributed by atoms with van der Waals surface area (Å²) < 4.78 is 5.30. The van der Waals surface area contributed by atoms with Gasteiger partial charge in [-0.15, -0.1) is 0 Å². The molecule has 0 radical (unpaired) electrons. The first-order chi connectivity index (χ1) is 10.0. The van der Waals surface area contributed by atoms with Crippen LogP contribution in [0.3, 0.4) is 0 Å². The van der Waals surface area contributed by atoms with E-state index in [1.165, 1.54) is 6.92 Å². The summed E-state index contributed by atoms with van der Waals surface area (Å²) >= 11 is 0. The van der Waals surface area contributed by atoms with Crippen LogP contribution in [0.2, 0.25) is 0 Å². The van der Waals surface area contributed by atoms with Crippen LogP contribution in [0.25, 0.3) is 0 Å². The number of urea groups is 1. The molecule has 2 amide bonds. The number of aliphatic carboxylic acids is 1. The lowest BCUT2D eigenvalue weighted by molar-refractivity contribution is -0.144. The molecular weight excluding hydrogens is 272 g/mol. The van der Waals surface area contributed by atoms with Crippen molar-refractivity contribution in [2.75, 3.05) is 26.3 Å². The van der Waals surface area contributed by atoms with Gasteiger partial charge in [0.2, 0.25) is 0 Å². The Balaban J connectivity index is 2.16. The lowest BCUT2D eigenvalue weighted by Crippen LogP contribution is -2.54. The number of carboxylic acids is 1. The van der Waals surface area contributed by atoms with Gasteiger partial charge in [0.25, 0.3) is 0 Å². The second-order valence-corrected chi connectivity index (χ2v) is 5.18. The van der Waals surface area contributed by atoms with Crippen LogP contribution in [0.15, 0.2) is 30.3 Å². The molecule has 1 heterocycles. The van der Waals surface area contributed by atoms with Gasteiger partial charge < -0.3 is 20.1 Å². The molecule has 1 saturated heterocycles. The zero-order valence-electron chi connectivity index (χ0n) is 12.0. The number of amides is 2. The Morgan fingerprint density at radius 1 is 1.24 bits per heavy atom. The fourth-order valence-electron chi connectivity index (χ4n) is 2.26. The standard InChI is InChI=1S/C15H20N2O4/c1-15(13(18)19,12-6-3-2-4-7-12)16-14(20)17-8-5-10-21-11-9-17/h2-4,6-7H,5,8-11H2,1H3,(H,16,20)(H,18,19). The molecule has 1 aromatic carbocycles. The SMILES string of the molecule is CC(NC(=O)N1CCCOCC1)(C(=O)O)c1ccccc1. The molecule has 6 nitrogen and oxygen atoms in total. The summed E-state index contributed by atoms with van der Waals surface area (Å²) in [6.07, 6.45) is 0.753. The van der Waals surface area contributed by atoms with Gasteiger partial charge in [0.15, 0.2) is 5.54 Å². The third kappa shape index (κ3) is 3.52. The first-order valence-electron chi connectivity index (χ1n) is 6.98. The second-order valence-electron chi connectivity index (χ2n) is 5.18. The number of nitrogens with zero attached hydrogens (tertiary/aromatic N) is 1. The molecule has 114 valence electrons. The van der Waals surface area contributed by atoms with E-state index in [0.29, 0.717) is 31.9 Å². The van der Waals surface area contributed by atoms with E-state index in [9.17, 15) is 14.7 Å². The molecular formula is C15H20N2O4. The molecule has 2 N–H and O–H groups in total. The largest absolute Gasteiger partial charge is 0.479 e. The van der Waals surface area contributed by atoms with Crippen LogP contribution in [0.4, 0.5) is 4.79 Å². The van der Waals surface area contributed by atoms with Gasteiger partial charge in [0.1, 0.15) is 0 Å². The predicted octanol–water partition coefficient (Wildman–Crippen LogP) is 1.42. The number of ether oxygens (including phenoxy) is 1. The molecule has 1 fully saturated rings. The topological polar surface area (TPSA) is 78.9 Å². The van der Waals surface area contributed by atoms with Crippen LogP contribution in [0.1, 0.15) is 18.9 Å². The highest BCUT2D eigenvalue weighted by molar-refractivity contribution is 5.87. The van der Waals surface area contributed by atoms with E-state index in [-0.39, 0.29) is 6.03 Å². The van der Waals surface area contributed by atoms with Crippen LogP contribution in [0, 0.1) is 0 Å². The highest BCUT2D eigenvalue weighted by atomic mass is 16.5. The summed E-state index contributed by atoms with van der Waals surface area (Å²) in [4.78, 5) is 25.6. The molecule has 2 rings (SSSR count). The molecule has 0 spiro atoms. The number of hydrogen-bond acceptors (Lipinski definition) is 3. The average Bonchev–Trinajstić information content (AvgIpc) is 2.77. The molecule has 0 aliphatic carbocycles. The molecule has 0 bridgehead atoms. The van der Waals surface area contributed by atoms with Crippen molar-refractivity contribution in [2.24, 2.45) is 0 Å². The number of carbonyl (C=O) groups excluding carboxylic acids is 1. The molecule has 21 heavy (non-hydrogen) atoms. The Hall–Kier alpha value is -2.08. The zero-order valence-corrected chi connectivity index (χ0v) is 12.0.